The van der Waals surface area contributed by atoms with Crippen LogP contribution in [0.25, 0.3) is 11.4 Å². The predicted octanol–water partition coefficient (Wildman–Crippen LogP) is 4.31. The van der Waals surface area contributed by atoms with Gasteiger partial charge < -0.3 is 4.98 Å². The molecule has 1 aromatic carbocycles. The van der Waals surface area contributed by atoms with Crippen molar-refractivity contribution in [2.75, 3.05) is 0 Å². The fourth-order valence-electron chi connectivity index (χ4n) is 4.30. The Labute approximate surface area is 158 Å². The van der Waals surface area contributed by atoms with Gasteiger partial charge in [-0.15, -0.1) is 0 Å². The molecule has 1 N–H and O–H groups in total. The summed E-state index contributed by atoms with van der Waals surface area (Å²) in [4.78, 5) is 15.4. The van der Waals surface area contributed by atoms with E-state index in [-0.39, 0.29) is 0 Å². The number of hydrogen-bond donors (Lipinski definition) is 1. The van der Waals surface area contributed by atoms with Crippen LogP contribution in [-0.4, -0.2) is 25.9 Å². The summed E-state index contributed by atoms with van der Waals surface area (Å²) in [7, 11) is 0. The topological polar surface area (TPSA) is 44.8 Å². The van der Waals surface area contributed by atoms with E-state index in [0.717, 1.165) is 48.8 Å². The van der Waals surface area contributed by atoms with E-state index in [0.29, 0.717) is 6.04 Å². The van der Waals surface area contributed by atoms with Gasteiger partial charge in [0, 0.05) is 48.7 Å². The maximum absolute atomic E-state index is 6.35. The van der Waals surface area contributed by atoms with Crippen LogP contribution in [-0.2, 0) is 25.9 Å². The molecule has 1 aliphatic carbocycles. The largest absolute Gasteiger partial charge is 0.342 e. The quantitative estimate of drug-likeness (QED) is 0.737. The van der Waals surface area contributed by atoms with E-state index in [9.17, 15) is 0 Å². The minimum absolute atomic E-state index is 0.550. The number of aromatic nitrogens is 3. The average Bonchev–Trinajstić information content (AvgIpc) is 3.26. The number of H-pyrrole nitrogens is 1. The van der Waals surface area contributed by atoms with Gasteiger partial charge in [-0.25, -0.2) is 4.98 Å². The zero-order valence-corrected chi connectivity index (χ0v) is 15.6. The van der Waals surface area contributed by atoms with Crippen LogP contribution in [0.1, 0.15) is 34.6 Å². The number of imidazole rings is 1. The van der Waals surface area contributed by atoms with Gasteiger partial charge in [0.25, 0.3) is 0 Å². The number of benzene rings is 1. The van der Waals surface area contributed by atoms with Crippen LogP contribution < -0.4 is 0 Å². The molecule has 5 heteroatoms. The molecule has 2 aromatic heterocycles. The average molecular weight is 365 g/mol. The van der Waals surface area contributed by atoms with Crippen molar-refractivity contribution in [1.82, 2.24) is 19.9 Å². The Morgan fingerprint density at radius 2 is 2.08 bits per heavy atom. The van der Waals surface area contributed by atoms with Gasteiger partial charge in [-0.3, -0.25) is 9.88 Å². The van der Waals surface area contributed by atoms with E-state index in [4.69, 9.17) is 16.6 Å². The maximum Gasteiger partial charge on any atom is 0.139 e. The van der Waals surface area contributed by atoms with Gasteiger partial charge in [-0.2, -0.15) is 0 Å². The highest BCUT2D eigenvalue weighted by molar-refractivity contribution is 6.33. The molecule has 132 valence electrons. The molecule has 26 heavy (non-hydrogen) atoms. The molecule has 0 radical (unpaired) electrons. The number of fused-ring (bicyclic) bond motifs is 2. The molecular formula is C21H21ClN4. The molecule has 0 bridgehead atoms. The summed E-state index contributed by atoms with van der Waals surface area (Å²) in [5.74, 6) is 0.894. The van der Waals surface area contributed by atoms with Crippen LogP contribution in [0, 0.1) is 6.92 Å². The van der Waals surface area contributed by atoms with Gasteiger partial charge in [0.05, 0.1) is 10.7 Å². The Morgan fingerprint density at radius 1 is 1.19 bits per heavy atom. The summed E-state index contributed by atoms with van der Waals surface area (Å²) in [6.45, 7) is 4.16. The van der Waals surface area contributed by atoms with Crippen molar-refractivity contribution >= 4 is 11.6 Å². The number of hydrogen-bond acceptors (Lipinski definition) is 3. The summed E-state index contributed by atoms with van der Waals surface area (Å²) < 4.78 is 0. The fourth-order valence-corrected chi connectivity index (χ4v) is 4.53. The SMILES string of the molecule is Cc1nccc2c1CN(C1CCc3nc(-c4ccccc4Cl)[nH]c3C1)C2. The van der Waals surface area contributed by atoms with Crippen molar-refractivity contribution in [2.45, 2.75) is 45.3 Å². The molecule has 5 rings (SSSR count). The molecule has 0 saturated carbocycles. The second kappa shape index (κ2) is 6.22. The van der Waals surface area contributed by atoms with E-state index < -0.39 is 0 Å². The maximum atomic E-state index is 6.35. The highest BCUT2D eigenvalue weighted by atomic mass is 35.5. The molecule has 0 amide bonds. The summed E-state index contributed by atoms with van der Waals surface area (Å²) in [5, 5.41) is 0.744. The lowest BCUT2D eigenvalue weighted by Gasteiger charge is -2.30. The van der Waals surface area contributed by atoms with E-state index in [2.05, 4.69) is 27.9 Å². The molecule has 2 aliphatic rings. The minimum Gasteiger partial charge on any atom is -0.342 e. The normalized spacial score (nSPS) is 19.4. The van der Waals surface area contributed by atoms with Crippen molar-refractivity contribution in [2.24, 2.45) is 0 Å². The first-order chi connectivity index (χ1) is 12.7. The molecule has 1 unspecified atom stereocenters. The highest BCUT2D eigenvalue weighted by Crippen LogP contribution is 2.33. The molecular weight excluding hydrogens is 344 g/mol. The van der Waals surface area contributed by atoms with Crippen molar-refractivity contribution < 1.29 is 0 Å². The number of nitrogens with one attached hydrogen (secondary N) is 1. The smallest absolute Gasteiger partial charge is 0.139 e. The van der Waals surface area contributed by atoms with Crippen LogP contribution >= 0.6 is 11.6 Å². The van der Waals surface area contributed by atoms with Crippen molar-refractivity contribution in [1.29, 1.82) is 0 Å². The number of rotatable bonds is 2. The van der Waals surface area contributed by atoms with E-state index in [1.807, 2.05) is 30.5 Å². The number of nitrogens with zero attached hydrogens (tertiary/aromatic N) is 3. The Bertz CT molecular complexity index is 978. The zero-order valence-electron chi connectivity index (χ0n) is 14.8. The molecule has 0 saturated heterocycles. The molecule has 1 aliphatic heterocycles. The molecule has 4 nitrogen and oxygen atoms in total. The van der Waals surface area contributed by atoms with Crippen LogP contribution in [0.3, 0.4) is 0 Å². The highest BCUT2D eigenvalue weighted by Gasteiger charge is 2.31. The first-order valence-electron chi connectivity index (χ1n) is 9.19. The third kappa shape index (κ3) is 2.65. The van der Waals surface area contributed by atoms with E-state index in [1.54, 1.807) is 0 Å². The van der Waals surface area contributed by atoms with Gasteiger partial charge in [0.2, 0.25) is 0 Å². The van der Waals surface area contributed by atoms with Gasteiger partial charge in [-0.1, -0.05) is 23.7 Å². The number of pyridine rings is 1. The fraction of sp³-hybridized carbons (Fsp3) is 0.333. The molecule has 3 aromatic rings. The number of aromatic amines is 1. The zero-order chi connectivity index (χ0) is 17.7. The van der Waals surface area contributed by atoms with Crippen LogP contribution in [0.4, 0.5) is 0 Å². The predicted molar refractivity (Wildman–Crippen MR) is 103 cm³/mol. The lowest BCUT2D eigenvalue weighted by atomic mass is 9.95. The van der Waals surface area contributed by atoms with Gasteiger partial charge in [-0.05, 0) is 49.1 Å². The summed E-state index contributed by atoms with van der Waals surface area (Å²) in [6.07, 6.45) is 5.12. The third-order valence-corrected chi connectivity index (χ3v) is 6.10. The van der Waals surface area contributed by atoms with Crippen LogP contribution in [0.2, 0.25) is 5.02 Å². The standard InChI is InChI=1S/C21H21ClN4/c1-13-17-12-26(11-14(17)8-9-23-13)15-6-7-19-20(10-15)25-21(24-19)16-4-2-3-5-18(16)22/h2-5,8-9,15H,6-7,10-12H2,1H3,(H,24,25). The second-order valence-corrected chi connectivity index (χ2v) is 7.73. The molecule has 1 atom stereocenters. The molecule has 3 heterocycles. The monoisotopic (exact) mass is 364 g/mol. The first kappa shape index (κ1) is 16.0. The molecule has 0 spiro atoms. The molecule has 0 fully saturated rings. The lowest BCUT2D eigenvalue weighted by molar-refractivity contribution is 0.180. The summed E-state index contributed by atoms with van der Waals surface area (Å²) >= 11 is 6.35. The third-order valence-electron chi connectivity index (χ3n) is 5.77. The lowest BCUT2D eigenvalue weighted by Crippen LogP contribution is -2.35. The Kier molecular flexibility index (Phi) is 3.84. The van der Waals surface area contributed by atoms with Crippen molar-refractivity contribution in [3.05, 3.63) is 69.8 Å². The Hall–Kier alpha value is -2.17. The van der Waals surface area contributed by atoms with Crippen LogP contribution in [0.15, 0.2) is 36.5 Å². The van der Waals surface area contributed by atoms with Gasteiger partial charge >= 0.3 is 0 Å². The summed E-state index contributed by atoms with van der Waals surface area (Å²) in [6, 6.07) is 10.6. The Morgan fingerprint density at radius 3 is 2.92 bits per heavy atom. The van der Waals surface area contributed by atoms with Crippen molar-refractivity contribution in [3.8, 4) is 11.4 Å². The van der Waals surface area contributed by atoms with Crippen LogP contribution in [0.5, 0.6) is 0 Å². The number of halogens is 1. The summed E-state index contributed by atoms with van der Waals surface area (Å²) in [5.41, 5.74) is 7.47. The Balaban J connectivity index is 1.38. The van der Waals surface area contributed by atoms with E-state index >= 15 is 0 Å². The second-order valence-electron chi connectivity index (χ2n) is 7.33. The van der Waals surface area contributed by atoms with E-state index in [1.165, 1.54) is 28.2 Å². The first-order valence-corrected chi connectivity index (χ1v) is 9.57. The number of aryl methyl sites for hydroxylation is 2. The van der Waals surface area contributed by atoms with Gasteiger partial charge in [0.15, 0.2) is 0 Å². The minimum atomic E-state index is 0.550. The van der Waals surface area contributed by atoms with Crippen molar-refractivity contribution in [3.63, 3.8) is 0 Å². The van der Waals surface area contributed by atoms with Gasteiger partial charge in [0.1, 0.15) is 5.82 Å².